The van der Waals surface area contributed by atoms with Crippen LogP contribution in [0.15, 0.2) is 48.5 Å². The molecule has 0 bridgehead atoms. The number of carbonyl (C=O) groups excluding carboxylic acids is 2. The molecule has 0 spiro atoms. The zero-order valence-corrected chi connectivity index (χ0v) is 15.1. The van der Waals surface area contributed by atoms with Gasteiger partial charge in [-0.2, -0.15) is 0 Å². The summed E-state index contributed by atoms with van der Waals surface area (Å²) in [6, 6.07) is 14.7. The van der Waals surface area contributed by atoms with Crippen LogP contribution in [0.1, 0.15) is 39.2 Å². The van der Waals surface area contributed by atoms with E-state index >= 15 is 0 Å². The Kier molecular flexibility index (Phi) is 6.17. The molecule has 0 saturated carbocycles. The quantitative estimate of drug-likeness (QED) is 0.738. The number of carbonyl (C=O) groups is 2. The summed E-state index contributed by atoms with van der Waals surface area (Å²) in [5.74, 6) is 0.242. The van der Waals surface area contributed by atoms with Crippen molar-refractivity contribution in [2.45, 2.75) is 39.7 Å². The minimum atomic E-state index is -0.392. The molecule has 2 aromatic rings. The molecule has 0 fully saturated rings. The van der Waals surface area contributed by atoms with Gasteiger partial charge in [0, 0.05) is 24.0 Å². The first-order chi connectivity index (χ1) is 11.8. The molecule has 0 radical (unpaired) electrons. The van der Waals surface area contributed by atoms with Crippen LogP contribution < -0.4 is 16.0 Å². The Morgan fingerprint density at radius 1 is 0.760 bits per heavy atom. The van der Waals surface area contributed by atoms with E-state index in [1.165, 1.54) is 12.5 Å². The second-order valence-electron chi connectivity index (χ2n) is 6.39. The molecule has 25 heavy (non-hydrogen) atoms. The molecule has 0 aliphatic rings. The second-order valence-corrected chi connectivity index (χ2v) is 6.39. The van der Waals surface area contributed by atoms with Gasteiger partial charge in [-0.05, 0) is 54.8 Å². The Morgan fingerprint density at radius 3 is 1.76 bits per heavy atom. The van der Waals surface area contributed by atoms with Crippen molar-refractivity contribution in [3.05, 3.63) is 54.1 Å². The monoisotopic (exact) mass is 339 g/mol. The summed E-state index contributed by atoms with van der Waals surface area (Å²) >= 11 is 0. The average molecular weight is 339 g/mol. The maximum absolute atomic E-state index is 12.3. The van der Waals surface area contributed by atoms with E-state index in [4.69, 9.17) is 0 Å². The van der Waals surface area contributed by atoms with Crippen molar-refractivity contribution in [2.24, 2.45) is 0 Å². The third-order valence-corrected chi connectivity index (χ3v) is 3.83. The van der Waals surface area contributed by atoms with Gasteiger partial charge in [0.15, 0.2) is 0 Å². The standard InChI is InChI=1S/C20H25N3O2/c1-13(2)16-5-7-19(8-6-16)23-20(25)14(3)21-17-9-11-18(12-10-17)22-15(4)24/h5-14,21H,1-4H3,(H,22,24)(H,23,25)/t14-/m0/s1. The van der Waals surface area contributed by atoms with Crippen molar-refractivity contribution in [2.75, 3.05) is 16.0 Å². The van der Waals surface area contributed by atoms with Crippen molar-refractivity contribution in [1.82, 2.24) is 0 Å². The Morgan fingerprint density at radius 2 is 1.24 bits per heavy atom. The van der Waals surface area contributed by atoms with Crippen molar-refractivity contribution in [1.29, 1.82) is 0 Å². The first-order valence-corrected chi connectivity index (χ1v) is 8.40. The number of hydrogen-bond donors (Lipinski definition) is 3. The van der Waals surface area contributed by atoms with Crippen molar-refractivity contribution < 1.29 is 9.59 Å². The maximum Gasteiger partial charge on any atom is 0.246 e. The van der Waals surface area contributed by atoms with E-state index in [2.05, 4.69) is 29.8 Å². The number of hydrogen-bond acceptors (Lipinski definition) is 3. The van der Waals surface area contributed by atoms with Crippen LogP contribution in [0.25, 0.3) is 0 Å². The maximum atomic E-state index is 12.3. The summed E-state index contributed by atoms with van der Waals surface area (Å²) in [6.07, 6.45) is 0. The predicted octanol–water partition coefficient (Wildman–Crippen LogP) is 4.21. The van der Waals surface area contributed by atoms with E-state index in [0.29, 0.717) is 5.92 Å². The van der Waals surface area contributed by atoms with Gasteiger partial charge < -0.3 is 16.0 Å². The molecule has 132 valence electrons. The number of nitrogens with one attached hydrogen (secondary N) is 3. The number of rotatable bonds is 6. The van der Waals surface area contributed by atoms with Crippen LogP contribution >= 0.6 is 0 Å². The van der Waals surface area contributed by atoms with Gasteiger partial charge in [-0.1, -0.05) is 26.0 Å². The van der Waals surface area contributed by atoms with E-state index in [-0.39, 0.29) is 11.8 Å². The minimum absolute atomic E-state index is 0.108. The molecule has 5 heteroatoms. The zero-order chi connectivity index (χ0) is 18.4. The lowest BCUT2D eigenvalue weighted by molar-refractivity contribution is -0.116. The van der Waals surface area contributed by atoms with Crippen LogP contribution in [-0.2, 0) is 9.59 Å². The van der Waals surface area contributed by atoms with E-state index in [1.54, 1.807) is 19.1 Å². The Hall–Kier alpha value is -2.82. The van der Waals surface area contributed by atoms with Gasteiger partial charge in [0.05, 0.1) is 0 Å². The summed E-state index contributed by atoms with van der Waals surface area (Å²) in [5.41, 5.74) is 3.56. The lowest BCUT2D eigenvalue weighted by Crippen LogP contribution is -2.31. The third kappa shape index (κ3) is 5.64. The summed E-state index contributed by atoms with van der Waals surface area (Å²) in [6.45, 7) is 7.54. The molecule has 0 saturated heterocycles. The molecule has 0 heterocycles. The van der Waals surface area contributed by atoms with Crippen molar-refractivity contribution in [3.63, 3.8) is 0 Å². The van der Waals surface area contributed by atoms with E-state index in [0.717, 1.165) is 17.1 Å². The summed E-state index contributed by atoms with van der Waals surface area (Å²) in [7, 11) is 0. The average Bonchev–Trinajstić information content (AvgIpc) is 2.56. The van der Waals surface area contributed by atoms with Crippen molar-refractivity contribution >= 4 is 28.9 Å². The summed E-state index contributed by atoms with van der Waals surface area (Å²) in [5, 5.41) is 8.76. The topological polar surface area (TPSA) is 70.2 Å². The van der Waals surface area contributed by atoms with Crippen LogP contribution in [0, 0.1) is 0 Å². The largest absolute Gasteiger partial charge is 0.374 e. The zero-order valence-electron chi connectivity index (χ0n) is 15.1. The third-order valence-electron chi connectivity index (χ3n) is 3.83. The minimum Gasteiger partial charge on any atom is -0.374 e. The normalized spacial score (nSPS) is 11.7. The first kappa shape index (κ1) is 18.5. The molecule has 0 unspecified atom stereocenters. The lowest BCUT2D eigenvalue weighted by atomic mass is 10.0. The van der Waals surface area contributed by atoms with Gasteiger partial charge in [-0.15, -0.1) is 0 Å². The molecular weight excluding hydrogens is 314 g/mol. The van der Waals surface area contributed by atoms with Gasteiger partial charge in [-0.3, -0.25) is 9.59 Å². The Balaban J connectivity index is 1.92. The van der Waals surface area contributed by atoms with Gasteiger partial charge >= 0.3 is 0 Å². The molecule has 3 N–H and O–H groups in total. The molecular formula is C20H25N3O2. The second kappa shape index (κ2) is 8.33. The van der Waals surface area contributed by atoms with Crippen LogP contribution in [0.5, 0.6) is 0 Å². The fraction of sp³-hybridized carbons (Fsp3) is 0.300. The highest BCUT2D eigenvalue weighted by Gasteiger charge is 2.13. The van der Waals surface area contributed by atoms with Crippen LogP contribution in [0.3, 0.4) is 0 Å². The highest BCUT2D eigenvalue weighted by atomic mass is 16.2. The van der Waals surface area contributed by atoms with Gasteiger partial charge in [-0.25, -0.2) is 0 Å². The lowest BCUT2D eigenvalue weighted by Gasteiger charge is -2.16. The molecule has 1 atom stereocenters. The number of anilines is 3. The summed E-state index contributed by atoms with van der Waals surface area (Å²) < 4.78 is 0. The van der Waals surface area contributed by atoms with Crippen LogP contribution in [0.4, 0.5) is 17.1 Å². The molecule has 0 aliphatic carbocycles. The fourth-order valence-electron chi connectivity index (χ4n) is 2.37. The van der Waals surface area contributed by atoms with Crippen LogP contribution in [-0.4, -0.2) is 17.9 Å². The Labute approximate surface area is 148 Å². The van der Waals surface area contributed by atoms with E-state index in [9.17, 15) is 9.59 Å². The number of amides is 2. The highest BCUT2D eigenvalue weighted by molar-refractivity contribution is 5.96. The van der Waals surface area contributed by atoms with Gasteiger partial charge in [0.2, 0.25) is 11.8 Å². The van der Waals surface area contributed by atoms with Crippen molar-refractivity contribution in [3.8, 4) is 0 Å². The summed E-state index contributed by atoms with van der Waals surface area (Å²) in [4.78, 5) is 23.3. The van der Waals surface area contributed by atoms with Gasteiger partial charge in [0.1, 0.15) is 6.04 Å². The molecule has 0 aromatic heterocycles. The molecule has 5 nitrogen and oxygen atoms in total. The van der Waals surface area contributed by atoms with E-state index in [1.807, 2.05) is 36.4 Å². The molecule has 2 aromatic carbocycles. The smallest absolute Gasteiger partial charge is 0.246 e. The van der Waals surface area contributed by atoms with Crippen LogP contribution in [0.2, 0.25) is 0 Å². The fourth-order valence-corrected chi connectivity index (χ4v) is 2.37. The van der Waals surface area contributed by atoms with E-state index < -0.39 is 6.04 Å². The molecule has 2 rings (SSSR count). The molecule has 0 aliphatic heterocycles. The molecule has 2 amide bonds. The predicted molar refractivity (Wildman–Crippen MR) is 103 cm³/mol. The Bertz CT molecular complexity index is 722. The highest BCUT2D eigenvalue weighted by Crippen LogP contribution is 2.18. The first-order valence-electron chi connectivity index (χ1n) is 8.40. The number of benzene rings is 2. The van der Waals surface area contributed by atoms with Gasteiger partial charge in [0.25, 0.3) is 0 Å². The SMILES string of the molecule is CC(=O)Nc1ccc(N[C@@H](C)C(=O)Nc2ccc(C(C)C)cc2)cc1.